The van der Waals surface area contributed by atoms with Gasteiger partial charge in [-0.3, -0.25) is 0 Å². The van der Waals surface area contributed by atoms with Gasteiger partial charge in [-0.1, -0.05) is 12.1 Å². The van der Waals surface area contributed by atoms with E-state index in [1.165, 1.54) is 4.70 Å². The first kappa shape index (κ1) is 5.86. The number of aromatic nitrogens is 1. The second kappa shape index (κ2) is 2.06. The molecule has 2 aromatic rings. The number of nitrogens with zero attached hydrogens (tertiary/aromatic N) is 1. The maximum absolute atomic E-state index is 4.22. The van der Waals surface area contributed by atoms with E-state index in [9.17, 15) is 0 Å². The van der Waals surface area contributed by atoms with E-state index in [1.807, 2.05) is 18.2 Å². The molecule has 0 aliphatic carbocycles. The Balaban J connectivity index is 2.88. The van der Waals surface area contributed by atoms with Crippen LogP contribution in [-0.2, 0) is 0 Å². The summed E-state index contributed by atoms with van der Waals surface area (Å²) in [5.41, 5.74) is 1.05. The van der Waals surface area contributed by atoms with Gasteiger partial charge in [-0.2, -0.15) is 0 Å². The second-order valence-corrected chi connectivity index (χ2v) is 3.19. The number of rotatable bonds is 0. The Morgan fingerprint density at radius 2 is 2.10 bits per heavy atom. The normalized spacial score (nSPS) is 10.5. The Bertz CT molecular complexity index is 318. The molecule has 0 unspecified atom stereocenters. The molecule has 0 fully saturated rings. The lowest BCUT2D eigenvalue weighted by Gasteiger charge is -1.80. The summed E-state index contributed by atoms with van der Waals surface area (Å²) in [6, 6.07) is 8.06. The van der Waals surface area contributed by atoms with Crippen molar-refractivity contribution in [3.05, 3.63) is 36.2 Å². The summed E-state index contributed by atoms with van der Waals surface area (Å²) < 4.78 is 1.22. The Morgan fingerprint density at radius 3 is 2.90 bits per heavy atom. The van der Waals surface area contributed by atoms with Crippen LogP contribution in [0.4, 0.5) is 0 Å². The molecule has 0 amide bonds. The average Bonchev–Trinajstić information content (AvgIpc) is 2.27. The maximum Gasteiger partial charge on any atom is 0.0942 e. The monoisotopic (exact) mass is 148 g/mol. The van der Waals surface area contributed by atoms with E-state index in [0.29, 0.717) is 0 Å². The summed E-state index contributed by atoms with van der Waals surface area (Å²) in [5.74, 6) is 0. The molecule has 0 atom stereocenters. The van der Waals surface area contributed by atoms with E-state index in [2.05, 4.69) is 18.0 Å². The third-order valence-electron chi connectivity index (χ3n) is 1.34. The van der Waals surface area contributed by atoms with Crippen LogP contribution in [0.25, 0.3) is 10.2 Å². The van der Waals surface area contributed by atoms with E-state index >= 15 is 0 Å². The van der Waals surface area contributed by atoms with Gasteiger partial charge in [0.25, 0.3) is 0 Å². The van der Waals surface area contributed by atoms with Crippen molar-refractivity contribution in [2.75, 3.05) is 0 Å². The molecule has 1 aromatic heterocycles. The standard InChI is InChI=1S/C8H6NS/c1-6-9-7-4-2-3-5-8(7)10-6/h2-5H,1H2. The fourth-order valence-electron chi connectivity index (χ4n) is 0.920. The van der Waals surface area contributed by atoms with Crippen molar-refractivity contribution in [1.82, 2.24) is 4.98 Å². The lowest BCUT2D eigenvalue weighted by atomic mass is 10.3. The molecule has 0 aliphatic rings. The summed E-state index contributed by atoms with van der Waals surface area (Å²) >= 11 is 1.63. The number of fused-ring (bicyclic) bond motifs is 1. The molecule has 0 bridgehead atoms. The highest BCUT2D eigenvalue weighted by molar-refractivity contribution is 7.18. The molecule has 0 N–H and O–H groups in total. The van der Waals surface area contributed by atoms with Crippen LogP contribution in [0.5, 0.6) is 0 Å². The van der Waals surface area contributed by atoms with Gasteiger partial charge < -0.3 is 0 Å². The smallest absolute Gasteiger partial charge is 0.0942 e. The van der Waals surface area contributed by atoms with Crippen molar-refractivity contribution in [2.45, 2.75) is 0 Å². The molecule has 1 heterocycles. The molecule has 0 saturated carbocycles. The molecular weight excluding hydrogens is 142 g/mol. The van der Waals surface area contributed by atoms with Crippen molar-refractivity contribution in [1.29, 1.82) is 0 Å². The van der Waals surface area contributed by atoms with Crippen LogP contribution in [0.2, 0.25) is 0 Å². The highest BCUT2D eigenvalue weighted by Crippen LogP contribution is 2.19. The van der Waals surface area contributed by atoms with Gasteiger partial charge in [-0.15, -0.1) is 11.3 Å². The molecule has 49 valence electrons. The zero-order valence-electron chi connectivity index (χ0n) is 5.37. The molecule has 1 nitrogen and oxygen atoms in total. The summed E-state index contributed by atoms with van der Waals surface area (Å²) in [6.07, 6.45) is 0. The number of hydrogen-bond acceptors (Lipinski definition) is 2. The molecule has 2 rings (SSSR count). The lowest BCUT2D eigenvalue weighted by molar-refractivity contribution is 1.43. The van der Waals surface area contributed by atoms with E-state index in [0.717, 1.165) is 10.5 Å². The number of benzene rings is 1. The minimum Gasteiger partial charge on any atom is -0.241 e. The van der Waals surface area contributed by atoms with Crippen LogP contribution >= 0.6 is 11.3 Å². The summed E-state index contributed by atoms with van der Waals surface area (Å²) in [6.45, 7) is 3.77. The lowest BCUT2D eigenvalue weighted by Crippen LogP contribution is -1.65. The summed E-state index contributed by atoms with van der Waals surface area (Å²) in [7, 11) is 0. The van der Waals surface area contributed by atoms with Gasteiger partial charge in [-0.25, -0.2) is 4.98 Å². The minimum absolute atomic E-state index is 0.890. The van der Waals surface area contributed by atoms with Crippen molar-refractivity contribution in [2.24, 2.45) is 0 Å². The molecule has 1 aromatic carbocycles. The first-order valence-corrected chi connectivity index (χ1v) is 3.85. The highest BCUT2D eigenvalue weighted by atomic mass is 32.1. The Hall–Kier alpha value is -0.890. The quantitative estimate of drug-likeness (QED) is 0.559. The van der Waals surface area contributed by atoms with E-state index in [4.69, 9.17) is 0 Å². The van der Waals surface area contributed by atoms with Gasteiger partial charge in [0.05, 0.1) is 15.2 Å². The molecule has 0 saturated heterocycles. The maximum atomic E-state index is 4.22. The molecule has 2 heteroatoms. The first-order valence-electron chi connectivity index (χ1n) is 3.04. The van der Waals surface area contributed by atoms with Crippen LogP contribution in [-0.4, -0.2) is 4.98 Å². The predicted octanol–water partition coefficient (Wildman–Crippen LogP) is 2.48. The fourth-order valence-corrected chi connectivity index (χ4v) is 1.68. The minimum atomic E-state index is 0.890. The van der Waals surface area contributed by atoms with Crippen LogP contribution in [0.15, 0.2) is 24.3 Å². The van der Waals surface area contributed by atoms with Crippen LogP contribution in [0, 0.1) is 6.92 Å². The van der Waals surface area contributed by atoms with Crippen LogP contribution in [0.3, 0.4) is 0 Å². The number of para-hydroxylation sites is 1. The molecule has 0 spiro atoms. The predicted molar refractivity (Wildman–Crippen MR) is 44.1 cm³/mol. The van der Waals surface area contributed by atoms with Crippen molar-refractivity contribution in [3.63, 3.8) is 0 Å². The molecule has 0 aliphatic heterocycles. The fraction of sp³-hybridized carbons (Fsp3) is 0. The zero-order chi connectivity index (χ0) is 6.97. The van der Waals surface area contributed by atoms with E-state index < -0.39 is 0 Å². The van der Waals surface area contributed by atoms with Crippen molar-refractivity contribution < 1.29 is 0 Å². The van der Waals surface area contributed by atoms with Gasteiger partial charge in [-0.05, 0) is 12.1 Å². The molecular formula is C8H6NS. The van der Waals surface area contributed by atoms with Crippen LogP contribution < -0.4 is 0 Å². The van der Waals surface area contributed by atoms with Crippen molar-refractivity contribution in [3.8, 4) is 0 Å². The van der Waals surface area contributed by atoms with E-state index in [-0.39, 0.29) is 0 Å². The Kier molecular flexibility index (Phi) is 1.21. The third kappa shape index (κ3) is 0.809. The van der Waals surface area contributed by atoms with Gasteiger partial charge in [0.1, 0.15) is 0 Å². The van der Waals surface area contributed by atoms with E-state index in [1.54, 1.807) is 11.3 Å². The molecule has 1 radical (unpaired) electrons. The van der Waals surface area contributed by atoms with Crippen LogP contribution in [0.1, 0.15) is 5.01 Å². The highest BCUT2D eigenvalue weighted by Gasteiger charge is 1.95. The van der Waals surface area contributed by atoms with Gasteiger partial charge >= 0.3 is 0 Å². The average molecular weight is 148 g/mol. The SMILES string of the molecule is [CH2]c1nc2ccccc2s1. The number of hydrogen-bond donors (Lipinski definition) is 0. The Morgan fingerprint density at radius 1 is 1.30 bits per heavy atom. The summed E-state index contributed by atoms with van der Waals surface area (Å²) in [5, 5.41) is 0.890. The number of thiazole rings is 1. The first-order chi connectivity index (χ1) is 4.86. The topological polar surface area (TPSA) is 12.9 Å². The van der Waals surface area contributed by atoms with Gasteiger partial charge in [0.15, 0.2) is 0 Å². The molecule has 10 heavy (non-hydrogen) atoms. The third-order valence-corrected chi connectivity index (χ3v) is 2.23. The van der Waals surface area contributed by atoms with Gasteiger partial charge in [0, 0.05) is 6.92 Å². The largest absolute Gasteiger partial charge is 0.241 e. The zero-order valence-corrected chi connectivity index (χ0v) is 6.19. The second-order valence-electron chi connectivity index (χ2n) is 2.08. The van der Waals surface area contributed by atoms with Gasteiger partial charge in [0.2, 0.25) is 0 Å². The van der Waals surface area contributed by atoms with Crippen molar-refractivity contribution >= 4 is 21.6 Å². The Labute approximate surface area is 63.3 Å². The summed E-state index contributed by atoms with van der Waals surface area (Å²) in [4.78, 5) is 4.22.